The van der Waals surface area contributed by atoms with Crippen molar-refractivity contribution in [2.24, 2.45) is 0 Å². The highest BCUT2D eigenvalue weighted by molar-refractivity contribution is 8.45. The minimum absolute atomic E-state index is 0.0473. The van der Waals surface area contributed by atoms with Gasteiger partial charge in [0.2, 0.25) is 5.91 Å². The van der Waals surface area contributed by atoms with E-state index in [1.165, 1.54) is 12.1 Å². The van der Waals surface area contributed by atoms with Gasteiger partial charge >= 0.3 is 10.2 Å². The first-order valence-electron chi connectivity index (χ1n) is 9.43. The van der Waals surface area contributed by atoms with Gasteiger partial charge in [-0.1, -0.05) is 47.1 Å². The van der Waals surface area contributed by atoms with E-state index in [1.807, 2.05) is 0 Å². The van der Waals surface area contributed by atoms with Gasteiger partial charge in [-0.15, -0.1) is 0 Å². The molecule has 0 bridgehead atoms. The van der Waals surface area contributed by atoms with Crippen LogP contribution >= 0.6 is 10.2 Å². The third kappa shape index (κ3) is 6.18. The van der Waals surface area contributed by atoms with E-state index >= 15 is 0 Å². The van der Waals surface area contributed by atoms with Crippen LogP contribution in [0.4, 0.5) is 23.8 Å². The summed E-state index contributed by atoms with van der Waals surface area (Å²) in [7, 11) is -14.6. The smallest absolute Gasteiger partial charge is 0.274 e. The summed E-state index contributed by atoms with van der Waals surface area (Å²) in [5.74, 6) is -1.86. The van der Waals surface area contributed by atoms with E-state index in [-0.39, 0.29) is 24.0 Å². The Labute approximate surface area is 182 Å². The molecule has 0 saturated carbocycles. The summed E-state index contributed by atoms with van der Waals surface area (Å²) in [4.78, 5) is 9.45. The van der Waals surface area contributed by atoms with Gasteiger partial charge in [0.15, 0.2) is 0 Å². The number of amides is 1. The van der Waals surface area contributed by atoms with Crippen molar-refractivity contribution < 1.29 is 37.0 Å². The van der Waals surface area contributed by atoms with Crippen molar-refractivity contribution >= 4 is 26.2 Å². The van der Waals surface area contributed by atoms with Gasteiger partial charge in [-0.05, 0) is 64.9 Å². The van der Waals surface area contributed by atoms with Gasteiger partial charge in [-0.3, -0.25) is 4.79 Å². The number of rotatable bonds is 7. The lowest BCUT2D eigenvalue weighted by atomic mass is 9.87. The molecular weight excluding hydrogens is 480 g/mol. The highest BCUT2D eigenvalue weighted by atomic mass is 32.5. The van der Waals surface area contributed by atoms with E-state index in [0.717, 1.165) is 0 Å². The molecule has 0 heterocycles. The van der Waals surface area contributed by atoms with Gasteiger partial charge in [0.25, 0.3) is 10.0 Å². The Bertz CT molecular complexity index is 1110. The average molecular weight is 504 g/mol. The molecule has 0 aliphatic heterocycles. The van der Waals surface area contributed by atoms with Gasteiger partial charge in [-0.25, -0.2) is 17.5 Å². The molecule has 0 saturated heterocycles. The summed E-state index contributed by atoms with van der Waals surface area (Å²) in [5.41, 5.74) is 1.48. The molecule has 0 atom stereocenters. The van der Waals surface area contributed by atoms with Crippen LogP contribution in [0.25, 0.3) is 0 Å². The lowest BCUT2D eigenvalue weighted by molar-refractivity contribution is -0.118. The van der Waals surface area contributed by atoms with Crippen molar-refractivity contribution in [2.45, 2.75) is 55.7 Å². The zero-order valence-corrected chi connectivity index (χ0v) is 19.3. The van der Waals surface area contributed by atoms with Crippen LogP contribution in [-0.2, 0) is 21.2 Å². The fourth-order valence-corrected chi connectivity index (χ4v) is 4.83. The average Bonchev–Trinajstić information content (AvgIpc) is 2.60. The second-order valence-corrected chi connectivity index (χ2v) is 12.1. The third-order valence-corrected chi connectivity index (χ3v) is 7.24. The number of halogens is 6. The molecule has 32 heavy (non-hydrogen) atoms. The van der Waals surface area contributed by atoms with Crippen LogP contribution in [0.5, 0.6) is 0 Å². The van der Waals surface area contributed by atoms with Gasteiger partial charge in [0.05, 0.1) is 11.3 Å². The summed E-state index contributed by atoms with van der Waals surface area (Å²) in [6.07, 6.45) is -0.427. The number of sulfonamides is 1. The molecule has 0 fully saturated rings. The summed E-state index contributed by atoms with van der Waals surface area (Å²) < 4.78 is 105. The van der Waals surface area contributed by atoms with Crippen molar-refractivity contribution in [3.05, 3.63) is 58.9 Å². The number of benzene rings is 2. The molecule has 2 aromatic rings. The van der Waals surface area contributed by atoms with Crippen LogP contribution in [0.1, 0.15) is 56.2 Å². The largest absolute Gasteiger partial charge is 0.310 e. The molecule has 1 amide bonds. The number of carbonyl (C=O) groups is 1. The van der Waals surface area contributed by atoms with E-state index in [9.17, 15) is 37.0 Å². The van der Waals surface area contributed by atoms with Crippen LogP contribution in [0, 0.1) is 5.82 Å². The fraction of sp³-hybridized carbons (Fsp3) is 0.350. The van der Waals surface area contributed by atoms with Crippen molar-refractivity contribution in [1.82, 2.24) is 4.72 Å². The molecular formula is C20H23F6NO3S2. The molecule has 180 valence electrons. The van der Waals surface area contributed by atoms with E-state index < -0.39 is 48.2 Å². The molecule has 12 heteroatoms. The Morgan fingerprint density at radius 2 is 1.34 bits per heavy atom. The van der Waals surface area contributed by atoms with E-state index in [1.54, 1.807) is 32.4 Å². The van der Waals surface area contributed by atoms with Gasteiger partial charge in [0, 0.05) is 0 Å². The standard InChI is InChI=1S/C20H23F6NO3S2/c1-12(2)17-9-14(21)10-18(13(3)4)19(17)11-20(28)27-31(29,30)15-5-7-16(8-6-15)32(22,23,24,25)26/h5-10,12-13H,11H2,1-4H3,(H,27,28). The molecule has 1 N–H and O–H groups in total. The zero-order chi connectivity index (χ0) is 24.8. The fourth-order valence-electron chi connectivity index (χ4n) is 3.20. The SMILES string of the molecule is CC(C)c1cc(F)cc(C(C)C)c1CC(=O)NS(=O)(=O)c1ccc(S(F)(F)(F)(F)F)cc1. The quantitative estimate of drug-likeness (QED) is 0.424. The van der Waals surface area contributed by atoms with Crippen LogP contribution in [-0.4, -0.2) is 14.3 Å². The third-order valence-electron chi connectivity index (χ3n) is 4.69. The molecule has 2 rings (SSSR count). The minimum Gasteiger partial charge on any atom is -0.274 e. The van der Waals surface area contributed by atoms with E-state index in [0.29, 0.717) is 28.8 Å². The van der Waals surface area contributed by atoms with Gasteiger partial charge < -0.3 is 0 Å². The molecule has 0 aliphatic carbocycles. The summed E-state index contributed by atoms with van der Waals surface area (Å²) >= 11 is 0. The predicted molar refractivity (Wildman–Crippen MR) is 111 cm³/mol. The Morgan fingerprint density at radius 1 is 0.906 bits per heavy atom. The van der Waals surface area contributed by atoms with E-state index in [2.05, 4.69) is 0 Å². The first-order valence-corrected chi connectivity index (χ1v) is 12.9. The molecule has 0 radical (unpaired) electrons. The maximum Gasteiger partial charge on any atom is 0.310 e. The molecule has 0 aromatic heterocycles. The summed E-state index contributed by atoms with van der Waals surface area (Å²) in [5, 5.41) is 0. The van der Waals surface area contributed by atoms with Crippen LogP contribution < -0.4 is 4.72 Å². The van der Waals surface area contributed by atoms with Gasteiger partial charge in [0.1, 0.15) is 10.7 Å². The second kappa shape index (κ2) is 7.68. The molecule has 0 unspecified atom stereocenters. The maximum absolute atomic E-state index is 14.0. The Morgan fingerprint density at radius 3 is 1.72 bits per heavy atom. The minimum atomic E-state index is -9.96. The topological polar surface area (TPSA) is 63.2 Å². The highest BCUT2D eigenvalue weighted by Crippen LogP contribution is 3.02. The Hall–Kier alpha value is -2.21. The highest BCUT2D eigenvalue weighted by Gasteiger charge is 2.65. The van der Waals surface area contributed by atoms with Crippen molar-refractivity contribution in [2.75, 3.05) is 0 Å². The number of carbonyl (C=O) groups excluding carboxylic acids is 1. The molecule has 4 nitrogen and oxygen atoms in total. The first kappa shape index (κ1) is 26.0. The number of hydrogen-bond donors (Lipinski definition) is 1. The lowest BCUT2D eigenvalue weighted by Gasteiger charge is -2.40. The number of nitrogens with one attached hydrogen (secondary N) is 1. The Balaban J connectivity index is 2.35. The monoisotopic (exact) mass is 503 g/mol. The second-order valence-electron chi connectivity index (χ2n) is 8.02. The normalized spacial score (nSPS) is 14.9. The lowest BCUT2D eigenvalue weighted by Crippen LogP contribution is -2.32. The van der Waals surface area contributed by atoms with Crippen LogP contribution in [0.3, 0.4) is 0 Å². The molecule has 2 aromatic carbocycles. The maximum atomic E-state index is 14.0. The van der Waals surface area contributed by atoms with Crippen molar-refractivity contribution in [1.29, 1.82) is 0 Å². The zero-order valence-electron chi connectivity index (χ0n) is 17.6. The van der Waals surface area contributed by atoms with E-state index in [4.69, 9.17) is 0 Å². The first-order chi connectivity index (χ1) is 14.2. The van der Waals surface area contributed by atoms with Gasteiger partial charge in [-0.2, -0.15) is 0 Å². The molecule has 0 aliphatic rings. The predicted octanol–water partition coefficient (Wildman–Crippen LogP) is 6.78. The number of hydrogen-bond acceptors (Lipinski definition) is 3. The van der Waals surface area contributed by atoms with Crippen LogP contribution in [0.2, 0.25) is 0 Å². The molecule has 0 spiro atoms. The Kier molecular flexibility index (Phi) is 6.25. The summed E-state index contributed by atoms with van der Waals surface area (Å²) in [6, 6.07) is 3.11. The van der Waals surface area contributed by atoms with Crippen LogP contribution in [0.15, 0.2) is 46.2 Å². The summed E-state index contributed by atoms with van der Waals surface area (Å²) in [6.45, 7) is 7.10. The van der Waals surface area contributed by atoms with Crippen molar-refractivity contribution in [3.63, 3.8) is 0 Å². The van der Waals surface area contributed by atoms with Crippen molar-refractivity contribution in [3.8, 4) is 0 Å².